The highest BCUT2D eigenvalue weighted by molar-refractivity contribution is 9.10. The van der Waals surface area contributed by atoms with E-state index in [1.54, 1.807) is 6.07 Å². The fraction of sp³-hybridized carbons (Fsp3) is 0.222. The lowest BCUT2D eigenvalue weighted by molar-refractivity contribution is 0.0594. The molecule has 0 aliphatic heterocycles. The summed E-state index contributed by atoms with van der Waals surface area (Å²) in [6.07, 6.45) is 0. The lowest BCUT2D eigenvalue weighted by atomic mass is 10.1. The highest BCUT2D eigenvalue weighted by Crippen LogP contribution is 2.23. The van der Waals surface area contributed by atoms with Crippen LogP contribution in [0.1, 0.15) is 15.9 Å². The van der Waals surface area contributed by atoms with Gasteiger partial charge in [-0.05, 0) is 17.7 Å². The third-order valence-electron chi connectivity index (χ3n) is 1.67. The monoisotopic (exact) mass is 324 g/mol. The molecule has 0 bridgehead atoms. The fourth-order valence-corrected chi connectivity index (χ4v) is 1.98. The number of carbonyl (C=O) groups excluding carboxylic acids is 1. The van der Waals surface area contributed by atoms with Gasteiger partial charge in [0.25, 0.3) is 0 Å². The molecule has 14 heavy (non-hydrogen) atoms. The van der Waals surface area contributed by atoms with Crippen molar-refractivity contribution >= 4 is 37.8 Å². The van der Waals surface area contributed by atoms with Crippen molar-refractivity contribution < 1.29 is 13.9 Å². The molecule has 0 unspecified atom stereocenters. The van der Waals surface area contributed by atoms with Crippen LogP contribution in [-0.4, -0.2) is 13.1 Å². The average molecular weight is 326 g/mol. The molecular weight excluding hydrogens is 319 g/mol. The molecule has 1 aromatic rings. The van der Waals surface area contributed by atoms with Crippen molar-refractivity contribution in [2.24, 2.45) is 0 Å². The second kappa shape index (κ2) is 4.89. The SMILES string of the molecule is COC(=O)c1c(F)cc(Br)cc1CBr. The van der Waals surface area contributed by atoms with Crippen LogP contribution in [-0.2, 0) is 10.1 Å². The molecule has 0 saturated carbocycles. The minimum Gasteiger partial charge on any atom is -0.465 e. The fourth-order valence-electron chi connectivity index (χ4n) is 1.06. The lowest BCUT2D eigenvalue weighted by Gasteiger charge is -2.07. The van der Waals surface area contributed by atoms with E-state index in [-0.39, 0.29) is 5.56 Å². The minimum atomic E-state index is -0.663. The first-order valence-electron chi connectivity index (χ1n) is 3.72. The van der Waals surface area contributed by atoms with Crippen LogP contribution in [0.2, 0.25) is 0 Å². The molecule has 2 nitrogen and oxygen atoms in total. The van der Waals surface area contributed by atoms with E-state index in [2.05, 4.69) is 36.6 Å². The van der Waals surface area contributed by atoms with E-state index >= 15 is 0 Å². The highest BCUT2D eigenvalue weighted by atomic mass is 79.9. The predicted molar refractivity (Wildman–Crippen MR) is 58.1 cm³/mol. The molecule has 0 heterocycles. The van der Waals surface area contributed by atoms with Crippen molar-refractivity contribution in [3.05, 3.63) is 33.5 Å². The van der Waals surface area contributed by atoms with Gasteiger partial charge in [-0.2, -0.15) is 0 Å². The smallest absolute Gasteiger partial charge is 0.341 e. The Bertz CT molecular complexity index is 366. The first-order chi connectivity index (χ1) is 6.60. The summed E-state index contributed by atoms with van der Waals surface area (Å²) < 4.78 is 18.5. The van der Waals surface area contributed by atoms with Gasteiger partial charge in [-0.1, -0.05) is 31.9 Å². The molecule has 1 aromatic carbocycles. The topological polar surface area (TPSA) is 26.3 Å². The van der Waals surface area contributed by atoms with Crippen molar-refractivity contribution in [2.75, 3.05) is 7.11 Å². The van der Waals surface area contributed by atoms with Crippen molar-refractivity contribution in [2.45, 2.75) is 5.33 Å². The lowest BCUT2D eigenvalue weighted by Crippen LogP contribution is -2.08. The first-order valence-corrected chi connectivity index (χ1v) is 5.63. The van der Waals surface area contributed by atoms with Crippen LogP contribution in [0.5, 0.6) is 0 Å². The standard InChI is InChI=1S/C9H7Br2FO2/c1-14-9(13)8-5(4-10)2-6(11)3-7(8)12/h2-3H,4H2,1H3. The van der Waals surface area contributed by atoms with Gasteiger partial charge in [-0.15, -0.1) is 0 Å². The Labute approximate surface area is 97.7 Å². The number of rotatable bonds is 2. The molecule has 0 atom stereocenters. The molecule has 0 saturated heterocycles. The Morgan fingerprint density at radius 2 is 2.21 bits per heavy atom. The number of halogens is 3. The number of esters is 1. The summed E-state index contributed by atoms with van der Waals surface area (Å²) in [4.78, 5) is 11.2. The number of benzene rings is 1. The largest absolute Gasteiger partial charge is 0.465 e. The van der Waals surface area contributed by atoms with Crippen LogP contribution in [0.15, 0.2) is 16.6 Å². The van der Waals surface area contributed by atoms with Crippen molar-refractivity contribution in [3.8, 4) is 0 Å². The molecule has 0 amide bonds. The van der Waals surface area contributed by atoms with Crippen LogP contribution in [0, 0.1) is 5.82 Å². The average Bonchev–Trinajstić information content (AvgIpc) is 2.15. The van der Waals surface area contributed by atoms with Gasteiger partial charge >= 0.3 is 5.97 Å². The molecule has 0 fully saturated rings. The molecule has 0 aliphatic rings. The summed E-state index contributed by atoms with van der Waals surface area (Å²) in [5.74, 6) is -1.25. The summed E-state index contributed by atoms with van der Waals surface area (Å²) in [6.45, 7) is 0. The zero-order valence-corrected chi connectivity index (χ0v) is 10.5. The number of hydrogen-bond donors (Lipinski definition) is 0. The quantitative estimate of drug-likeness (QED) is 0.616. The summed E-state index contributed by atoms with van der Waals surface area (Å²) in [6, 6.07) is 2.91. The molecular formula is C9H7Br2FO2. The maximum atomic E-state index is 13.4. The molecule has 76 valence electrons. The minimum absolute atomic E-state index is 0.0208. The van der Waals surface area contributed by atoms with Crippen molar-refractivity contribution in [1.29, 1.82) is 0 Å². The molecule has 0 N–H and O–H groups in total. The summed E-state index contributed by atoms with van der Waals surface area (Å²) in [7, 11) is 1.22. The Kier molecular flexibility index (Phi) is 4.07. The predicted octanol–water partition coefficient (Wildman–Crippen LogP) is 3.27. The highest BCUT2D eigenvalue weighted by Gasteiger charge is 2.17. The van der Waals surface area contributed by atoms with Gasteiger partial charge in [0.05, 0.1) is 12.7 Å². The molecule has 5 heteroatoms. The second-order valence-corrected chi connectivity index (χ2v) is 4.02. The summed E-state index contributed by atoms with van der Waals surface area (Å²) >= 11 is 6.32. The zero-order chi connectivity index (χ0) is 10.7. The maximum Gasteiger partial charge on any atom is 0.341 e. The molecule has 0 radical (unpaired) electrons. The Morgan fingerprint density at radius 3 is 2.71 bits per heavy atom. The van der Waals surface area contributed by atoms with E-state index in [0.717, 1.165) is 0 Å². The normalized spacial score (nSPS) is 10.0. The summed E-state index contributed by atoms with van der Waals surface area (Å²) in [5, 5.41) is 0.397. The van der Waals surface area contributed by atoms with Gasteiger partial charge < -0.3 is 4.74 Å². The van der Waals surface area contributed by atoms with Crippen LogP contribution in [0.3, 0.4) is 0 Å². The third kappa shape index (κ3) is 2.33. The van der Waals surface area contributed by atoms with E-state index in [1.807, 2.05) is 0 Å². The van der Waals surface area contributed by atoms with Crippen molar-refractivity contribution in [1.82, 2.24) is 0 Å². The van der Waals surface area contributed by atoms with E-state index < -0.39 is 11.8 Å². The number of ether oxygens (including phenoxy) is 1. The summed E-state index contributed by atoms with van der Waals surface area (Å²) in [5.41, 5.74) is 0.538. The Hall–Kier alpha value is -0.420. The van der Waals surface area contributed by atoms with Crippen LogP contribution < -0.4 is 0 Å². The molecule has 1 rings (SSSR count). The van der Waals surface area contributed by atoms with Crippen LogP contribution >= 0.6 is 31.9 Å². The molecule has 0 spiro atoms. The van der Waals surface area contributed by atoms with Gasteiger partial charge in [0.1, 0.15) is 5.82 Å². The van der Waals surface area contributed by atoms with Crippen LogP contribution in [0.4, 0.5) is 4.39 Å². The van der Waals surface area contributed by atoms with E-state index in [4.69, 9.17) is 0 Å². The van der Waals surface area contributed by atoms with Crippen molar-refractivity contribution in [3.63, 3.8) is 0 Å². The van der Waals surface area contributed by atoms with Gasteiger partial charge in [0.2, 0.25) is 0 Å². The molecule has 0 aromatic heterocycles. The number of alkyl halides is 1. The van der Waals surface area contributed by atoms with E-state index in [9.17, 15) is 9.18 Å². The van der Waals surface area contributed by atoms with E-state index in [1.165, 1.54) is 13.2 Å². The third-order valence-corrected chi connectivity index (χ3v) is 2.73. The second-order valence-electron chi connectivity index (χ2n) is 2.55. The Morgan fingerprint density at radius 1 is 1.57 bits per heavy atom. The van der Waals surface area contributed by atoms with Gasteiger partial charge in [0, 0.05) is 9.80 Å². The van der Waals surface area contributed by atoms with Gasteiger partial charge in [-0.3, -0.25) is 0 Å². The Balaban J connectivity index is 3.32. The van der Waals surface area contributed by atoms with E-state index in [0.29, 0.717) is 15.4 Å². The zero-order valence-electron chi connectivity index (χ0n) is 7.31. The number of hydrogen-bond acceptors (Lipinski definition) is 2. The number of methoxy groups -OCH3 is 1. The van der Waals surface area contributed by atoms with Gasteiger partial charge in [-0.25, -0.2) is 9.18 Å². The molecule has 0 aliphatic carbocycles. The van der Waals surface area contributed by atoms with Gasteiger partial charge in [0.15, 0.2) is 0 Å². The maximum absolute atomic E-state index is 13.4. The van der Waals surface area contributed by atoms with Crippen LogP contribution in [0.25, 0.3) is 0 Å². The number of carbonyl (C=O) groups is 1. The first kappa shape index (κ1) is 11.7.